The van der Waals surface area contributed by atoms with Gasteiger partial charge in [0.2, 0.25) is 11.8 Å². The molecule has 0 unspecified atom stereocenters. The molecule has 4 rings (SSSR count). The summed E-state index contributed by atoms with van der Waals surface area (Å²) >= 11 is 0. The number of nitrogens with zero attached hydrogens (tertiary/aromatic N) is 4. The Kier molecular flexibility index (Phi) is 5.30. The van der Waals surface area contributed by atoms with Crippen LogP contribution in [0.5, 0.6) is 5.88 Å². The molecule has 1 aromatic carbocycles. The second-order valence-electron chi connectivity index (χ2n) is 7.30. The van der Waals surface area contributed by atoms with Crippen molar-refractivity contribution in [3.8, 4) is 17.0 Å². The second kappa shape index (κ2) is 8.04. The van der Waals surface area contributed by atoms with Gasteiger partial charge < -0.3 is 25.3 Å². The summed E-state index contributed by atoms with van der Waals surface area (Å²) in [6.45, 7) is 2.14. The molecule has 0 aliphatic carbocycles. The predicted molar refractivity (Wildman–Crippen MR) is 114 cm³/mol. The minimum absolute atomic E-state index is 0.363. The van der Waals surface area contributed by atoms with Crippen LogP contribution < -0.4 is 15.4 Å². The molecule has 1 saturated heterocycles. The largest absolute Gasteiger partial charge is 0.480 e. The van der Waals surface area contributed by atoms with E-state index in [0.29, 0.717) is 23.6 Å². The van der Waals surface area contributed by atoms with Gasteiger partial charge in [-0.2, -0.15) is 15.1 Å². The Bertz CT molecular complexity index is 1020. The Morgan fingerprint density at radius 2 is 2.07 bits per heavy atom. The van der Waals surface area contributed by atoms with Crippen LogP contribution in [0.2, 0.25) is 0 Å². The van der Waals surface area contributed by atoms with Crippen LogP contribution in [0.3, 0.4) is 0 Å². The molecule has 1 aliphatic rings. The third-order valence-corrected chi connectivity index (χ3v) is 5.44. The van der Waals surface area contributed by atoms with E-state index >= 15 is 0 Å². The molecule has 3 heterocycles. The summed E-state index contributed by atoms with van der Waals surface area (Å²) in [5, 5.41) is 10.9. The summed E-state index contributed by atoms with van der Waals surface area (Å²) in [4.78, 5) is 14.9. The van der Waals surface area contributed by atoms with Crippen molar-refractivity contribution < 1.29 is 4.74 Å². The number of benzene rings is 1. The average molecular weight is 394 g/mol. The lowest BCUT2D eigenvalue weighted by Crippen LogP contribution is -2.37. The standard InChI is InChI=1S/C20H26N8O/c1-22-16-10-12(4-5-15(16)27-21)14-11-23-18-17(14)19(29-3)26-20(25-18)24-13-6-8-28(2)9-7-13/h4-5,10-11,13,21-22H,6-9H2,1-3H3,(H2,23,24,25,26). The number of anilines is 2. The number of likely N-dealkylation sites (tertiary alicyclic amines) is 1. The van der Waals surface area contributed by atoms with Crippen LogP contribution in [-0.2, 0) is 0 Å². The summed E-state index contributed by atoms with van der Waals surface area (Å²) in [5.74, 6) is 1.11. The zero-order valence-electron chi connectivity index (χ0n) is 16.9. The molecule has 0 spiro atoms. The van der Waals surface area contributed by atoms with Crippen LogP contribution in [0.15, 0.2) is 29.5 Å². The van der Waals surface area contributed by atoms with Gasteiger partial charge >= 0.3 is 0 Å². The van der Waals surface area contributed by atoms with Gasteiger partial charge in [-0.05, 0) is 50.7 Å². The van der Waals surface area contributed by atoms with E-state index < -0.39 is 0 Å². The first-order valence-corrected chi connectivity index (χ1v) is 9.70. The quantitative estimate of drug-likeness (QED) is 0.472. The summed E-state index contributed by atoms with van der Waals surface area (Å²) in [7, 11) is 5.58. The number of piperidine rings is 1. The monoisotopic (exact) mass is 394 g/mol. The van der Waals surface area contributed by atoms with Gasteiger partial charge in [0, 0.05) is 24.8 Å². The third kappa shape index (κ3) is 3.73. The van der Waals surface area contributed by atoms with Crippen LogP contribution in [0, 0.1) is 5.53 Å². The van der Waals surface area contributed by atoms with Gasteiger partial charge in [-0.1, -0.05) is 6.07 Å². The smallest absolute Gasteiger partial charge is 0.228 e. The van der Waals surface area contributed by atoms with Crippen molar-refractivity contribution in [2.75, 3.05) is 44.9 Å². The van der Waals surface area contributed by atoms with E-state index in [2.05, 4.69) is 42.6 Å². The highest BCUT2D eigenvalue weighted by Gasteiger charge is 2.20. The van der Waals surface area contributed by atoms with E-state index in [0.717, 1.165) is 53.8 Å². The number of ether oxygens (including phenoxy) is 1. The van der Waals surface area contributed by atoms with E-state index in [1.165, 1.54) is 0 Å². The van der Waals surface area contributed by atoms with E-state index in [1.807, 2.05) is 31.4 Å². The Labute approximate surface area is 169 Å². The molecule has 29 heavy (non-hydrogen) atoms. The Hall–Kier alpha value is -3.20. The summed E-state index contributed by atoms with van der Waals surface area (Å²) in [6, 6.07) is 6.07. The van der Waals surface area contributed by atoms with Crippen molar-refractivity contribution in [2.45, 2.75) is 18.9 Å². The highest BCUT2D eigenvalue weighted by molar-refractivity contribution is 5.98. The number of hydrogen-bond acceptors (Lipinski definition) is 8. The van der Waals surface area contributed by atoms with Gasteiger partial charge in [-0.15, -0.1) is 0 Å². The Morgan fingerprint density at radius 3 is 2.76 bits per heavy atom. The summed E-state index contributed by atoms with van der Waals surface area (Å²) in [5.41, 5.74) is 11.3. The number of hydrogen-bond donors (Lipinski definition) is 4. The molecule has 3 aromatic rings. The van der Waals surface area contributed by atoms with Gasteiger partial charge in [0.05, 0.1) is 18.2 Å². The van der Waals surface area contributed by atoms with E-state index in [1.54, 1.807) is 7.11 Å². The number of methoxy groups -OCH3 is 1. The van der Waals surface area contributed by atoms with Gasteiger partial charge in [-0.25, -0.2) is 5.53 Å². The topological polar surface area (TPSA) is 114 Å². The second-order valence-corrected chi connectivity index (χ2v) is 7.30. The maximum absolute atomic E-state index is 7.30. The molecular weight excluding hydrogens is 368 g/mol. The maximum Gasteiger partial charge on any atom is 0.228 e. The van der Waals surface area contributed by atoms with Crippen molar-refractivity contribution in [3.63, 3.8) is 0 Å². The van der Waals surface area contributed by atoms with Gasteiger partial charge in [0.25, 0.3) is 0 Å². The number of aromatic amines is 1. The predicted octanol–water partition coefficient (Wildman–Crippen LogP) is 3.84. The van der Waals surface area contributed by atoms with Crippen molar-refractivity contribution in [3.05, 3.63) is 24.4 Å². The molecule has 0 saturated carbocycles. The van der Waals surface area contributed by atoms with Crippen molar-refractivity contribution in [1.29, 1.82) is 5.53 Å². The van der Waals surface area contributed by atoms with E-state index in [-0.39, 0.29) is 0 Å². The van der Waals surface area contributed by atoms with Crippen molar-refractivity contribution in [2.24, 2.45) is 5.11 Å². The normalized spacial score (nSPS) is 15.4. The zero-order valence-corrected chi connectivity index (χ0v) is 16.9. The van der Waals surface area contributed by atoms with Crippen LogP contribution in [0.4, 0.5) is 17.3 Å². The Morgan fingerprint density at radius 1 is 1.28 bits per heavy atom. The Balaban J connectivity index is 1.70. The fourth-order valence-corrected chi connectivity index (χ4v) is 3.78. The molecule has 9 nitrogen and oxygen atoms in total. The highest BCUT2D eigenvalue weighted by atomic mass is 16.5. The SMILES string of the molecule is CNc1cc(-c2c[nH]c3nc(NC4CCN(C)CC4)nc(OC)c23)ccc1N=N. The van der Waals surface area contributed by atoms with Gasteiger partial charge in [-0.3, -0.25) is 0 Å². The molecule has 0 radical (unpaired) electrons. The minimum atomic E-state index is 0.363. The lowest BCUT2D eigenvalue weighted by molar-refractivity contribution is 0.263. The van der Waals surface area contributed by atoms with Crippen LogP contribution in [0.25, 0.3) is 22.2 Å². The van der Waals surface area contributed by atoms with Gasteiger partial charge in [0.1, 0.15) is 11.3 Å². The maximum atomic E-state index is 7.30. The molecule has 4 N–H and O–H groups in total. The molecule has 0 atom stereocenters. The first kappa shape index (κ1) is 19.1. The van der Waals surface area contributed by atoms with Gasteiger partial charge in [0.15, 0.2) is 0 Å². The fourth-order valence-electron chi connectivity index (χ4n) is 3.78. The summed E-state index contributed by atoms with van der Waals surface area (Å²) < 4.78 is 5.61. The first-order valence-electron chi connectivity index (χ1n) is 9.70. The third-order valence-electron chi connectivity index (χ3n) is 5.44. The number of H-pyrrole nitrogens is 1. The molecular formula is C20H26N8O. The van der Waals surface area contributed by atoms with Crippen molar-refractivity contribution >= 4 is 28.4 Å². The van der Waals surface area contributed by atoms with Crippen LogP contribution >= 0.6 is 0 Å². The lowest BCUT2D eigenvalue weighted by Gasteiger charge is -2.29. The highest BCUT2D eigenvalue weighted by Crippen LogP contribution is 2.37. The number of fused-ring (bicyclic) bond motifs is 1. The average Bonchev–Trinajstić information content (AvgIpc) is 3.18. The molecule has 0 amide bonds. The molecule has 0 bridgehead atoms. The van der Waals surface area contributed by atoms with Crippen LogP contribution in [0.1, 0.15) is 12.8 Å². The number of aromatic nitrogens is 3. The number of nitrogens with one attached hydrogen (secondary N) is 4. The molecule has 1 aliphatic heterocycles. The molecule has 2 aromatic heterocycles. The molecule has 9 heteroatoms. The molecule has 1 fully saturated rings. The van der Waals surface area contributed by atoms with E-state index in [4.69, 9.17) is 10.3 Å². The fraction of sp³-hybridized carbons (Fsp3) is 0.400. The number of rotatable bonds is 6. The van der Waals surface area contributed by atoms with E-state index in [9.17, 15) is 0 Å². The van der Waals surface area contributed by atoms with Crippen molar-refractivity contribution in [1.82, 2.24) is 19.9 Å². The lowest BCUT2D eigenvalue weighted by atomic mass is 10.0. The molecule has 152 valence electrons. The zero-order chi connectivity index (χ0) is 20.4. The van der Waals surface area contributed by atoms with Crippen LogP contribution in [-0.4, -0.2) is 60.2 Å². The summed E-state index contributed by atoms with van der Waals surface area (Å²) in [6.07, 6.45) is 4.04. The minimum Gasteiger partial charge on any atom is -0.480 e. The first-order chi connectivity index (χ1) is 14.1.